The van der Waals surface area contributed by atoms with Gasteiger partial charge in [-0.15, -0.1) is 0 Å². The fourth-order valence-electron chi connectivity index (χ4n) is 5.36. The zero-order valence-corrected chi connectivity index (χ0v) is 20.3. The molecule has 0 radical (unpaired) electrons. The Kier molecular flexibility index (Phi) is 6.29. The van der Waals surface area contributed by atoms with Crippen molar-refractivity contribution >= 4 is 15.9 Å². The first-order chi connectivity index (χ1) is 16.0. The van der Waals surface area contributed by atoms with Gasteiger partial charge in [0.25, 0.3) is 0 Å². The lowest BCUT2D eigenvalue weighted by molar-refractivity contribution is 0.241. The molecule has 3 aliphatic rings. The number of hydrogen-bond donors (Lipinski definition) is 2. The van der Waals surface area contributed by atoms with E-state index in [0.29, 0.717) is 18.0 Å². The number of aryl methyl sites for hydroxylation is 3. The highest BCUT2D eigenvalue weighted by atomic mass is 32.2. The van der Waals surface area contributed by atoms with E-state index < -0.39 is 10.0 Å². The lowest BCUT2D eigenvalue weighted by atomic mass is 9.85. The zero-order valence-electron chi connectivity index (χ0n) is 19.4. The maximum absolute atomic E-state index is 13.4. The van der Waals surface area contributed by atoms with Crippen molar-refractivity contribution in [1.29, 1.82) is 0 Å². The van der Waals surface area contributed by atoms with Gasteiger partial charge in [-0.05, 0) is 74.3 Å². The minimum atomic E-state index is -3.48. The molecular formula is C26H34N4O2S. The van der Waals surface area contributed by atoms with Gasteiger partial charge >= 0.3 is 0 Å². The van der Waals surface area contributed by atoms with E-state index in [-0.39, 0.29) is 5.54 Å². The summed E-state index contributed by atoms with van der Waals surface area (Å²) in [4.78, 5) is 5.25. The summed E-state index contributed by atoms with van der Waals surface area (Å²) in [6.07, 6.45) is 5.82. The topological polar surface area (TPSA) is 73.8 Å². The first-order valence-corrected chi connectivity index (χ1v) is 13.6. The molecule has 1 spiro atoms. The van der Waals surface area contributed by atoms with Crippen molar-refractivity contribution < 1.29 is 8.42 Å². The molecule has 0 unspecified atom stereocenters. The van der Waals surface area contributed by atoms with E-state index in [2.05, 4.69) is 41.8 Å². The van der Waals surface area contributed by atoms with Gasteiger partial charge in [-0.1, -0.05) is 35.9 Å². The minimum Gasteiger partial charge on any atom is -0.368 e. The fourth-order valence-corrected chi connectivity index (χ4v) is 6.85. The van der Waals surface area contributed by atoms with Crippen LogP contribution in [-0.4, -0.2) is 50.3 Å². The van der Waals surface area contributed by atoms with Crippen LogP contribution in [0.3, 0.4) is 0 Å². The molecule has 2 heterocycles. The van der Waals surface area contributed by atoms with Gasteiger partial charge in [-0.25, -0.2) is 8.42 Å². The number of piperidine rings is 1. The van der Waals surface area contributed by atoms with E-state index in [4.69, 9.17) is 4.99 Å². The molecule has 0 amide bonds. The summed E-state index contributed by atoms with van der Waals surface area (Å²) in [5.41, 5.74) is 4.71. The molecule has 1 saturated heterocycles. The Morgan fingerprint density at radius 1 is 1.03 bits per heavy atom. The van der Waals surface area contributed by atoms with Crippen molar-refractivity contribution in [3.8, 4) is 0 Å². The van der Waals surface area contributed by atoms with Crippen molar-refractivity contribution in [2.24, 2.45) is 4.99 Å². The lowest BCUT2D eigenvalue weighted by Gasteiger charge is -2.44. The van der Waals surface area contributed by atoms with Crippen LogP contribution < -0.4 is 10.6 Å². The summed E-state index contributed by atoms with van der Waals surface area (Å²) >= 11 is 0. The number of nitrogens with one attached hydrogen (secondary N) is 2. The van der Waals surface area contributed by atoms with Gasteiger partial charge in [-0.2, -0.15) is 4.31 Å². The highest BCUT2D eigenvalue weighted by Crippen LogP contribution is 2.31. The maximum Gasteiger partial charge on any atom is 0.243 e. The largest absolute Gasteiger partial charge is 0.368 e. The number of benzene rings is 2. The SMILES string of the molecule is Cc1ccc(CNC2=NCCNC23CCN(S(=O)(=O)c2ccc4c(c2)CCCC4)CC3)cc1. The number of aliphatic imine (C=N–C) groups is 1. The van der Waals surface area contributed by atoms with Crippen LogP contribution in [0.25, 0.3) is 0 Å². The van der Waals surface area contributed by atoms with Gasteiger partial charge in [0.05, 0.1) is 17.0 Å². The summed E-state index contributed by atoms with van der Waals surface area (Å²) in [6.45, 7) is 5.38. The third-order valence-corrected chi connectivity index (χ3v) is 9.31. The average molecular weight is 467 g/mol. The molecule has 1 aliphatic carbocycles. The number of hydrogen-bond acceptors (Lipinski definition) is 5. The van der Waals surface area contributed by atoms with Crippen molar-refractivity contribution in [3.05, 3.63) is 64.7 Å². The van der Waals surface area contributed by atoms with Crippen LogP contribution in [0.15, 0.2) is 52.4 Å². The summed E-state index contributed by atoms with van der Waals surface area (Å²) in [6, 6.07) is 14.3. The van der Waals surface area contributed by atoms with E-state index in [0.717, 1.165) is 57.6 Å². The second-order valence-electron chi connectivity index (χ2n) is 9.62. The Morgan fingerprint density at radius 3 is 2.52 bits per heavy atom. The third kappa shape index (κ3) is 4.59. The number of rotatable bonds is 4. The highest BCUT2D eigenvalue weighted by molar-refractivity contribution is 7.89. The standard InChI is InChI=1S/C26H34N4O2S/c1-20-6-8-21(9-7-20)19-28-25-26(29-15-14-27-25)12-16-30(17-13-26)33(31,32)24-11-10-22-4-2-3-5-23(22)18-24/h6-11,18,29H,2-5,12-17,19H2,1H3,(H,27,28). The molecule has 33 heavy (non-hydrogen) atoms. The molecule has 5 rings (SSSR count). The zero-order chi connectivity index (χ0) is 22.9. The third-order valence-electron chi connectivity index (χ3n) is 7.41. The molecule has 2 N–H and O–H groups in total. The van der Waals surface area contributed by atoms with E-state index >= 15 is 0 Å². The summed E-state index contributed by atoms with van der Waals surface area (Å²) in [5, 5.41) is 7.22. The van der Waals surface area contributed by atoms with Crippen LogP contribution >= 0.6 is 0 Å². The molecule has 1 fully saturated rings. The fraction of sp³-hybridized carbons (Fsp3) is 0.500. The van der Waals surface area contributed by atoms with Gasteiger partial charge in [0, 0.05) is 26.2 Å². The van der Waals surface area contributed by atoms with Gasteiger partial charge in [0.1, 0.15) is 5.84 Å². The molecular weight excluding hydrogens is 432 g/mol. The van der Waals surface area contributed by atoms with Crippen molar-refractivity contribution in [1.82, 2.24) is 14.9 Å². The van der Waals surface area contributed by atoms with E-state index in [1.54, 1.807) is 10.4 Å². The van der Waals surface area contributed by atoms with Crippen LogP contribution in [0.1, 0.15) is 47.9 Å². The predicted molar refractivity (Wildman–Crippen MR) is 132 cm³/mol. The molecule has 2 aromatic carbocycles. The first-order valence-electron chi connectivity index (χ1n) is 12.2. The average Bonchev–Trinajstić information content (AvgIpc) is 2.84. The second kappa shape index (κ2) is 9.20. The molecule has 0 aromatic heterocycles. The Bertz CT molecular complexity index is 1130. The summed E-state index contributed by atoms with van der Waals surface area (Å²) < 4.78 is 28.5. The smallest absolute Gasteiger partial charge is 0.243 e. The highest BCUT2D eigenvalue weighted by Gasteiger charge is 2.43. The van der Waals surface area contributed by atoms with Gasteiger partial charge < -0.3 is 10.6 Å². The Labute approximate surface area is 197 Å². The molecule has 2 aliphatic heterocycles. The van der Waals surface area contributed by atoms with E-state index in [1.165, 1.54) is 28.7 Å². The molecule has 2 aromatic rings. The van der Waals surface area contributed by atoms with Crippen molar-refractivity contribution in [3.63, 3.8) is 0 Å². The van der Waals surface area contributed by atoms with Crippen LogP contribution in [0, 0.1) is 6.92 Å². The summed E-state index contributed by atoms with van der Waals surface area (Å²) in [5.74, 6) is 0.972. The van der Waals surface area contributed by atoms with Crippen LogP contribution in [0.5, 0.6) is 0 Å². The quantitative estimate of drug-likeness (QED) is 0.726. The van der Waals surface area contributed by atoms with Crippen LogP contribution in [0.2, 0.25) is 0 Å². The van der Waals surface area contributed by atoms with Gasteiger partial charge in [-0.3, -0.25) is 4.99 Å². The summed E-state index contributed by atoms with van der Waals surface area (Å²) in [7, 11) is -3.48. The van der Waals surface area contributed by atoms with Crippen LogP contribution in [0.4, 0.5) is 0 Å². The first kappa shape index (κ1) is 22.6. The minimum absolute atomic E-state index is 0.273. The number of nitrogens with zero attached hydrogens (tertiary/aromatic N) is 2. The molecule has 7 heteroatoms. The maximum atomic E-state index is 13.4. The number of fused-ring (bicyclic) bond motifs is 1. The Balaban J connectivity index is 1.28. The molecule has 0 saturated carbocycles. The molecule has 6 nitrogen and oxygen atoms in total. The van der Waals surface area contributed by atoms with E-state index in [1.807, 2.05) is 12.1 Å². The predicted octanol–water partition coefficient (Wildman–Crippen LogP) is 3.19. The van der Waals surface area contributed by atoms with Crippen molar-refractivity contribution in [2.45, 2.75) is 62.4 Å². The van der Waals surface area contributed by atoms with Gasteiger partial charge in [0.15, 0.2) is 0 Å². The normalized spacial score (nSPS) is 20.8. The monoisotopic (exact) mass is 466 g/mol. The molecule has 176 valence electrons. The Morgan fingerprint density at radius 2 is 1.76 bits per heavy atom. The molecule has 0 atom stereocenters. The van der Waals surface area contributed by atoms with Crippen LogP contribution in [-0.2, 0) is 29.4 Å². The molecule has 0 bridgehead atoms. The van der Waals surface area contributed by atoms with Gasteiger partial charge in [0.2, 0.25) is 10.0 Å². The van der Waals surface area contributed by atoms with Crippen molar-refractivity contribution in [2.75, 3.05) is 26.2 Å². The van der Waals surface area contributed by atoms with E-state index in [9.17, 15) is 8.42 Å². The lowest BCUT2D eigenvalue weighted by Crippen LogP contribution is -2.64. The number of amidine groups is 1. The second-order valence-corrected chi connectivity index (χ2v) is 11.6. The number of sulfonamides is 1. The Hall–Kier alpha value is -2.22.